The minimum atomic E-state index is -0.0914. The average molecular weight is 269 g/mol. The summed E-state index contributed by atoms with van der Waals surface area (Å²) in [6.45, 7) is 7.26. The molecule has 1 unspecified atom stereocenters. The van der Waals surface area contributed by atoms with Gasteiger partial charge in [0.2, 0.25) is 0 Å². The van der Waals surface area contributed by atoms with E-state index in [4.69, 9.17) is 0 Å². The molecule has 1 nitrogen and oxygen atoms in total. The normalized spacial score (nSPS) is 12.7. The topological polar surface area (TPSA) is 12.0 Å². The third kappa shape index (κ3) is 4.99. The van der Waals surface area contributed by atoms with E-state index in [0.29, 0.717) is 0 Å². The van der Waals surface area contributed by atoms with Crippen LogP contribution in [0.15, 0.2) is 18.2 Å². The standard InChI is InChI=1S/C15H24FNS/c1-4-8-17-15(11-18-9-5-2)13-10-12(3)6-7-14(13)16/h6-7,10,15,17H,4-5,8-9,11H2,1-3H3. The van der Waals surface area contributed by atoms with Gasteiger partial charge in [-0.2, -0.15) is 11.8 Å². The molecule has 0 heterocycles. The molecule has 18 heavy (non-hydrogen) atoms. The predicted molar refractivity (Wildman–Crippen MR) is 79.8 cm³/mol. The molecule has 0 aliphatic heterocycles. The van der Waals surface area contributed by atoms with Crippen molar-refractivity contribution in [1.82, 2.24) is 5.32 Å². The summed E-state index contributed by atoms with van der Waals surface area (Å²) in [5.41, 5.74) is 1.93. The third-order valence-corrected chi connectivity index (χ3v) is 4.07. The quantitative estimate of drug-likeness (QED) is 0.705. The minimum absolute atomic E-state index is 0.0914. The highest BCUT2D eigenvalue weighted by Gasteiger charge is 2.15. The van der Waals surface area contributed by atoms with E-state index in [2.05, 4.69) is 19.2 Å². The fourth-order valence-electron chi connectivity index (χ4n) is 1.85. The zero-order valence-corrected chi connectivity index (χ0v) is 12.4. The van der Waals surface area contributed by atoms with Crippen LogP contribution in [0.4, 0.5) is 4.39 Å². The number of benzene rings is 1. The maximum atomic E-state index is 13.9. The second-order valence-electron chi connectivity index (χ2n) is 4.61. The molecule has 0 saturated heterocycles. The highest BCUT2D eigenvalue weighted by atomic mass is 32.2. The van der Waals surface area contributed by atoms with Crippen LogP contribution in [0, 0.1) is 12.7 Å². The molecule has 1 aromatic carbocycles. The smallest absolute Gasteiger partial charge is 0.128 e. The third-order valence-electron chi connectivity index (χ3n) is 2.80. The van der Waals surface area contributed by atoms with Crippen LogP contribution in [0.25, 0.3) is 0 Å². The monoisotopic (exact) mass is 269 g/mol. The molecule has 0 fully saturated rings. The van der Waals surface area contributed by atoms with Gasteiger partial charge in [0.05, 0.1) is 0 Å². The number of hydrogen-bond acceptors (Lipinski definition) is 2. The Morgan fingerprint density at radius 3 is 2.72 bits per heavy atom. The first-order valence-electron chi connectivity index (χ1n) is 6.76. The van der Waals surface area contributed by atoms with Crippen LogP contribution in [-0.4, -0.2) is 18.1 Å². The second kappa shape index (κ2) is 8.54. The Morgan fingerprint density at radius 1 is 1.28 bits per heavy atom. The molecular weight excluding hydrogens is 245 g/mol. The summed E-state index contributed by atoms with van der Waals surface area (Å²) in [5.74, 6) is 1.98. The van der Waals surface area contributed by atoms with E-state index in [1.165, 1.54) is 6.42 Å². The lowest BCUT2D eigenvalue weighted by Crippen LogP contribution is -2.25. The highest BCUT2D eigenvalue weighted by molar-refractivity contribution is 7.99. The number of rotatable bonds is 8. The van der Waals surface area contributed by atoms with Crippen molar-refractivity contribution in [1.29, 1.82) is 0 Å². The van der Waals surface area contributed by atoms with Gasteiger partial charge in [0, 0.05) is 17.4 Å². The van der Waals surface area contributed by atoms with Crippen molar-refractivity contribution in [3.05, 3.63) is 35.1 Å². The highest BCUT2D eigenvalue weighted by Crippen LogP contribution is 2.23. The van der Waals surface area contributed by atoms with Crippen molar-refractivity contribution in [2.45, 2.75) is 39.7 Å². The lowest BCUT2D eigenvalue weighted by molar-refractivity contribution is 0.532. The van der Waals surface area contributed by atoms with Gasteiger partial charge in [0.15, 0.2) is 0 Å². The largest absolute Gasteiger partial charge is 0.309 e. The minimum Gasteiger partial charge on any atom is -0.309 e. The first-order valence-corrected chi connectivity index (χ1v) is 7.91. The first kappa shape index (κ1) is 15.5. The van der Waals surface area contributed by atoms with Crippen molar-refractivity contribution in [2.24, 2.45) is 0 Å². The summed E-state index contributed by atoms with van der Waals surface area (Å²) in [6, 6.07) is 5.50. The Hall–Kier alpha value is -0.540. The number of halogens is 1. The van der Waals surface area contributed by atoms with E-state index in [1.807, 2.05) is 30.8 Å². The molecule has 0 aromatic heterocycles. The summed E-state index contributed by atoms with van der Waals surface area (Å²) < 4.78 is 13.9. The zero-order chi connectivity index (χ0) is 13.4. The van der Waals surface area contributed by atoms with Gasteiger partial charge in [-0.15, -0.1) is 0 Å². The van der Waals surface area contributed by atoms with Crippen LogP contribution in [0.1, 0.15) is 43.9 Å². The fraction of sp³-hybridized carbons (Fsp3) is 0.600. The number of nitrogens with one attached hydrogen (secondary N) is 1. The first-order chi connectivity index (χ1) is 8.69. The van der Waals surface area contributed by atoms with E-state index in [-0.39, 0.29) is 11.9 Å². The molecule has 1 atom stereocenters. The molecule has 0 saturated carbocycles. The van der Waals surface area contributed by atoms with E-state index in [9.17, 15) is 4.39 Å². The lowest BCUT2D eigenvalue weighted by atomic mass is 10.0. The van der Waals surface area contributed by atoms with Crippen molar-refractivity contribution in [3.63, 3.8) is 0 Å². The summed E-state index contributed by atoms with van der Waals surface area (Å²) >= 11 is 1.89. The Balaban J connectivity index is 2.75. The Bertz CT molecular complexity index is 354. The summed E-state index contributed by atoms with van der Waals surface area (Å²) in [5, 5.41) is 3.45. The van der Waals surface area contributed by atoms with Crippen molar-refractivity contribution >= 4 is 11.8 Å². The van der Waals surface area contributed by atoms with Gasteiger partial charge in [-0.05, 0) is 38.1 Å². The molecule has 0 radical (unpaired) electrons. The van der Waals surface area contributed by atoms with Crippen LogP contribution in [0.5, 0.6) is 0 Å². The molecule has 3 heteroatoms. The average Bonchev–Trinajstić information content (AvgIpc) is 2.37. The van der Waals surface area contributed by atoms with Gasteiger partial charge in [-0.25, -0.2) is 4.39 Å². The lowest BCUT2D eigenvalue weighted by Gasteiger charge is -2.19. The number of thioether (sulfide) groups is 1. The molecule has 1 N–H and O–H groups in total. The Morgan fingerprint density at radius 2 is 2.06 bits per heavy atom. The number of aryl methyl sites for hydroxylation is 1. The van der Waals surface area contributed by atoms with Gasteiger partial charge in [-0.1, -0.05) is 31.5 Å². The van der Waals surface area contributed by atoms with Crippen molar-refractivity contribution in [2.75, 3.05) is 18.1 Å². The van der Waals surface area contributed by atoms with Gasteiger partial charge >= 0.3 is 0 Å². The maximum absolute atomic E-state index is 13.9. The predicted octanol–water partition coefficient (Wildman–Crippen LogP) is 4.32. The van der Waals surface area contributed by atoms with E-state index >= 15 is 0 Å². The number of hydrogen-bond donors (Lipinski definition) is 1. The summed E-state index contributed by atoms with van der Waals surface area (Å²) in [4.78, 5) is 0. The molecule has 0 amide bonds. The SMILES string of the molecule is CCCNC(CSCCC)c1cc(C)ccc1F. The van der Waals surface area contributed by atoms with E-state index in [0.717, 1.165) is 35.6 Å². The molecular formula is C15H24FNS. The molecule has 0 aliphatic carbocycles. The second-order valence-corrected chi connectivity index (χ2v) is 5.76. The molecule has 102 valence electrons. The van der Waals surface area contributed by atoms with Gasteiger partial charge < -0.3 is 5.32 Å². The van der Waals surface area contributed by atoms with Crippen LogP contribution in [0.3, 0.4) is 0 Å². The van der Waals surface area contributed by atoms with E-state index in [1.54, 1.807) is 6.07 Å². The Labute approximate surface area is 115 Å². The van der Waals surface area contributed by atoms with Crippen LogP contribution in [-0.2, 0) is 0 Å². The van der Waals surface area contributed by atoms with E-state index < -0.39 is 0 Å². The van der Waals surface area contributed by atoms with Crippen molar-refractivity contribution in [3.8, 4) is 0 Å². The van der Waals surface area contributed by atoms with Crippen molar-refractivity contribution < 1.29 is 4.39 Å². The van der Waals surface area contributed by atoms with Crippen LogP contribution in [0.2, 0.25) is 0 Å². The molecule has 1 aromatic rings. The molecule has 0 aliphatic rings. The van der Waals surface area contributed by atoms with Gasteiger partial charge in [0.25, 0.3) is 0 Å². The van der Waals surface area contributed by atoms with Gasteiger partial charge in [0.1, 0.15) is 5.82 Å². The molecule has 0 spiro atoms. The maximum Gasteiger partial charge on any atom is 0.128 e. The summed E-state index contributed by atoms with van der Waals surface area (Å²) in [7, 11) is 0. The Kier molecular flexibility index (Phi) is 7.36. The molecule has 0 bridgehead atoms. The van der Waals surface area contributed by atoms with Crippen LogP contribution < -0.4 is 5.32 Å². The summed E-state index contributed by atoms with van der Waals surface area (Å²) in [6.07, 6.45) is 2.24. The fourth-order valence-corrected chi connectivity index (χ4v) is 2.84. The van der Waals surface area contributed by atoms with Gasteiger partial charge in [-0.3, -0.25) is 0 Å². The zero-order valence-electron chi connectivity index (χ0n) is 11.6. The van der Waals surface area contributed by atoms with Crippen LogP contribution >= 0.6 is 11.8 Å². The molecule has 1 rings (SSSR count).